The summed E-state index contributed by atoms with van der Waals surface area (Å²) in [7, 11) is -11.5. The Balaban J connectivity index is -0.000000144. The van der Waals surface area contributed by atoms with Gasteiger partial charge < -0.3 is 0 Å². The topological polar surface area (TPSA) is 173 Å². The molecular formula is H6O9S6. The molecule has 15 heavy (non-hydrogen) atoms. The van der Waals surface area contributed by atoms with Crippen LogP contribution in [-0.4, -0.2) is 39.9 Å². The third-order valence-electron chi connectivity index (χ3n) is 0. The van der Waals surface area contributed by atoms with Gasteiger partial charge in [-0.3, -0.25) is 27.3 Å². The molecule has 0 unspecified atom stereocenters. The van der Waals surface area contributed by atoms with E-state index in [0.717, 1.165) is 0 Å². The van der Waals surface area contributed by atoms with Crippen molar-refractivity contribution >= 4 is 60.7 Å². The van der Waals surface area contributed by atoms with Crippen LogP contribution >= 0.6 is 0 Å². The Hall–Kier alpha value is 0.870. The lowest BCUT2D eigenvalue weighted by Crippen LogP contribution is -1.86. The summed E-state index contributed by atoms with van der Waals surface area (Å²) in [5, 5.41) is 0. The predicted octanol–water partition coefficient (Wildman–Crippen LogP) is -0.964. The van der Waals surface area contributed by atoms with Crippen molar-refractivity contribution in [1.29, 1.82) is 0 Å². The van der Waals surface area contributed by atoms with Crippen molar-refractivity contribution in [3.63, 3.8) is 0 Å². The fourth-order valence-electron chi connectivity index (χ4n) is 0. The van der Waals surface area contributed by atoms with Gasteiger partial charge >= 0.3 is 0 Å². The molecule has 96 valence electrons. The van der Waals surface area contributed by atoms with E-state index >= 15 is 0 Å². The molecule has 0 aromatic heterocycles. The second-order valence-corrected chi connectivity index (χ2v) is 7.94. The van der Waals surface area contributed by atoms with E-state index in [1.165, 1.54) is 0 Å². The van der Waals surface area contributed by atoms with Gasteiger partial charge in [0, 0.05) is 33.6 Å². The molecule has 0 atom stereocenters. The average Bonchev–Trinajstić information content (AvgIpc) is 1.41. The maximum Gasteiger partial charge on any atom is 0.263 e. The van der Waals surface area contributed by atoms with Gasteiger partial charge in [-0.05, 0) is 0 Å². The Morgan fingerprint density at radius 3 is 0.533 bits per heavy atom. The predicted molar refractivity (Wildman–Crippen MR) is 62.3 cm³/mol. The molecule has 0 aromatic carbocycles. The maximum absolute atomic E-state index is 9.11. The van der Waals surface area contributed by atoms with Crippen LogP contribution in [0, 0.1) is 0 Å². The molecule has 0 heterocycles. The number of hydrogen-bond donors (Lipinski definition) is 6. The van der Waals surface area contributed by atoms with Crippen molar-refractivity contribution in [2.24, 2.45) is 0 Å². The Bertz CT molecular complexity index is 336. The SMILES string of the molecule is O=S(O)(O)=S.O=S(O)(O)=S.O=S(O)(O)=S. The molecule has 0 aromatic rings. The van der Waals surface area contributed by atoms with Crippen molar-refractivity contribution in [2.45, 2.75) is 0 Å². The Kier molecular flexibility index (Phi) is 11.3. The summed E-state index contributed by atoms with van der Waals surface area (Å²) in [4.78, 5) is 0. The van der Waals surface area contributed by atoms with Crippen LogP contribution in [0.15, 0.2) is 0 Å². The molecule has 0 bridgehead atoms. The molecule has 0 aliphatic carbocycles. The minimum Gasteiger partial charge on any atom is -0.285 e. The number of hydrogen-bond acceptors (Lipinski definition) is 6. The summed E-state index contributed by atoms with van der Waals surface area (Å²) in [6, 6.07) is 0. The standard InChI is InChI=1S/3H2O3S2/c3*1-5(2,3)4/h3*(H2,1,2,3,4). The molecule has 0 saturated carbocycles. The highest BCUT2D eigenvalue weighted by Crippen LogP contribution is 1.62. The molecule has 0 aliphatic rings. The van der Waals surface area contributed by atoms with E-state index in [9.17, 15) is 0 Å². The van der Waals surface area contributed by atoms with Gasteiger partial charge in [0.1, 0.15) is 0 Å². The monoisotopic (exact) mass is 342 g/mol. The zero-order valence-corrected chi connectivity index (χ0v) is 11.3. The second-order valence-electron chi connectivity index (χ2n) is 1.34. The molecule has 6 N–H and O–H groups in total. The molecule has 0 radical (unpaired) electrons. The third kappa shape index (κ3) is 3250. The van der Waals surface area contributed by atoms with Gasteiger partial charge in [-0.25, -0.2) is 0 Å². The van der Waals surface area contributed by atoms with E-state index in [1.807, 2.05) is 0 Å². The molecule has 0 spiro atoms. The summed E-state index contributed by atoms with van der Waals surface area (Å²) in [5.74, 6) is 0. The van der Waals surface area contributed by atoms with Crippen molar-refractivity contribution in [3.8, 4) is 0 Å². The first-order valence-electron chi connectivity index (χ1n) is 2.10. The van der Waals surface area contributed by atoms with E-state index in [1.54, 1.807) is 0 Å². The summed E-state index contributed by atoms with van der Waals surface area (Å²) in [5.41, 5.74) is 0. The van der Waals surface area contributed by atoms with Crippen molar-refractivity contribution in [3.05, 3.63) is 0 Å². The van der Waals surface area contributed by atoms with Crippen LogP contribution in [0.4, 0.5) is 0 Å². The number of rotatable bonds is 0. The van der Waals surface area contributed by atoms with E-state index in [4.69, 9.17) is 39.9 Å². The van der Waals surface area contributed by atoms with Crippen LogP contribution in [0.3, 0.4) is 0 Å². The lowest BCUT2D eigenvalue weighted by molar-refractivity contribution is 0.448. The summed E-state index contributed by atoms with van der Waals surface area (Å²) in [6.07, 6.45) is 0. The van der Waals surface area contributed by atoms with Gasteiger partial charge in [0.05, 0.1) is 0 Å². The quantitative estimate of drug-likeness (QED) is 0.318. The molecule has 15 heteroatoms. The summed E-state index contributed by atoms with van der Waals surface area (Å²) >= 11 is 10.4. The van der Waals surface area contributed by atoms with Gasteiger partial charge in [0.15, 0.2) is 0 Å². The van der Waals surface area contributed by atoms with Crippen molar-refractivity contribution in [1.82, 2.24) is 0 Å². The molecular weight excluding hydrogens is 336 g/mol. The Morgan fingerprint density at radius 1 is 0.533 bits per heavy atom. The van der Waals surface area contributed by atoms with E-state index in [-0.39, 0.29) is 0 Å². The van der Waals surface area contributed by atoms with Crippen LogP contribution in [0.5, 0.6) is 0 Å². The Morgan fingerprint density at radius 2 is 0.533 bits per heavy atom. The van der Waals surface area contributed by atoms with E-state index in [0.29, 0.717) is 0 Å². The Labute approximate surface area is 100 Å². The van der Waals surface area contributed by atoms with E-state index < -0.39 is 27.2 Å². The molecule has 0 rings (SSSR count). The molecule has 0 amide bonds. The highest BCUT2D eigenvalue weighted by molar-refractivity contribution is 8.27. The van der Waals surface area contributed by atoms with Crippen molar-refractivity contribution < 1.29 is 39.9 Å². The molecule has 0 saturated heterocycles. The average molecular weight is 342 g/mol. The highest BCUT2D eigenvalue weighted by Gasteiger charge is 1.79. The first-order chi connectivity index (χ1) is 6.00. The van der Waals surface area contributed by atoms with Gasteiger partial charge in [-0.15, -0.1) is 0 Å². The van der Waals surface area contributed by atoms with Crippen molar-refractivity contribution in [2.75, 3.05) is 0 Å². The van der Waals surface area contributed by atoms with Crippen LogP contribution in [-0.2, 0) is 60.7 Å². The smallest absolute Gasteiger partial charge is 0.263 e. The fraction of sp³-hybridized carbons (Fsp3) is 0. The zero-order chi connectivity index (χ0) is 13.5. The largest absolute Gasteiger partial charge is 0.285 e. The zero-order valence-electron chi connectivity index (χ0n) is 6.36. The fourth-order valence-corrected chi connectivity index (χ4v) is 0. The summed E-state index contributed by atoms with van der Waals surface area (Å²) in [6.45, 7) is 0. The molecule has 0 aliphatic heterocycles. The lowest BCUT2D eigenvalue weighted by Gasteiger charge is -1.73. The summed E-state index contributed by atoms with van der Waals surface area (Å²) < 4.78 is 71.9. The van der Waals surface area contributed by atoms with Gasteiger partial charge in [-0.2, -0.15) is 12.6 Å². The normalized spacial score (nSPS) is 11.6. The minimum atomic E-state index is -3.83. The van der Waals surface area contributed by atoms with Crippen LogP contribution < -0.4 is 0 Å². The van der Waals surface area contributed by atoms with Crippen LogP contribution in [0.25, 0.3) is 0 Å². The van der Waals surface area contributed by atoms with Gasteiger partial charge in [-0.1, -0.05) is 0 Å². The molecule has 0 fully saturated rings. The second kappa shape index (κ2) is 8.03. The minimum absolute atomic E-state index is 3.47. The highest BCUT2D eigenvalue weighted by atomic mass is 32.9. The van der Waals surface area contributed by atoms with Gasteiger partial charge in [0.2, 0.25) is 0 Å². The third-order valence-corrected chi connectivity index (χ3v) is 0. The first-order valence-corrected chi connectivity index (χ1v) is 9.29. The van der Waals surface area contributed by atoms with Gasteiger partial charge in [0.25, 0.3) is 27.2 Å². The first kappa shape index (κ1) is 21.2. The maximum atomic E-state index is 9.11. The lowest BCUT2D eigenvalue weighted by atomic mass is 15.8. The van der Waals surface area contributed by atoms with Crippen LogP contribution in [0.1, 0.15) is 0 Å². The van der Waals surface area contributed by atoms with E-state index in [2.05, 4.69) is 33.6 Å². The van der Waals surface area contributed by atoms with Crippen LogP contribution in [0.2, 0.25) is 0 Å². The molecule has 9 nitrogen and oxygen atoms in total.